The number of aromatic nitrogens is 2. The van der Waals surface area contributed by atoms with Gasteiger partial charge in [-0.05, 0) is 37.1 Å². The molecule has 0 fully saturated rings. The van der Waals surface area contributed by atoms with E-state index in [1.807, 2.05) is 13.8 Å². The van der Waals surface area contributed by atoms with Crippen molar-refractivity contribution in [2.24, 2.45) is 0 Å². The molecule has 1 aliphatic heterocycles. The number of H-pyrrole nitrogens is 1. The van der Waals surface area contributed by atoms with E-state index in [1.165, 1.54) is 24.3 Å². The largest absolute Gasteiger partial charge is 0.285 e. The smallest absolute Gasteiger partial charge is 0.243 e. The Kier molecular flexibility index (Phi) is 4.25. The van der Waals surface area contributed by atoms with E-state index < -0.39 is 15.8 Å². The summed E-state index contributed by atoms with van der Waals surface area (Å²) in [6, 6.07) is 4.62. The van der Waals surface area contributed by atoms with Gasteiger partial charge in [-0.25, -0.2) is 12.8 Å². The third kappa shape index (κ3) is 2.68. The van der Waals surface area contributed by atoms with Crippen molar-refractivity contribution in [1.29, 1.82) is 0 Å². The molecule has 0 spiro atoms. The summed E-state index contributed by atoms with van der Waals surface area (Å²) >= 11 is 0. The Morgan fingerprint density at radius 1 is 1.26 bits per heavy atom. The second-order valence-electron chi connectivity index (χ2n) is 5.77. The topological polar surface area (TPSA) is 66.1 Å². The Bertz CT molecular complexity index is 786. The van der Waals surface area contributed by atoms with Gasteiger partial charge in [0, 0.05) is 24.2 Å². The average Bonchev–Trinajstić information content (AvgIpc) is 3.01. The minimum absolute atomic E-state index is 0.128. The van der Waals surface area contributed by atoms with Crippen LogP contribution in [0.15, 0.2) is 35.4 Å². The first-order valence-electron chi connectivity index (χ1n) is 7.80. The zero-order chi connectivity index (χ0) is 16.6. The SMILES string of the molecule is CCC1Cc2n[nH]cc2C(CC)N1S(=O)(=O)c1ccc(F)cc1. The third-order valence-corrected chi connectivity index (χ3v) is 6.43. The molecule has 1 aliphatic rings. The van der Waals surface area contributed by atoms with Crippen molar-refractivity contribution in [3.05, 3.63) is 47.5 Å². The molecule has 0 radical (unpaired) electrons. The maximum atomic E-state index is 13.1. The Morgan fingerprint density at radius 2 is 1.96 bits per heavy atom. The second kappa shape index (κ2) is 6.05. The summed E-state index contributed by atoms with van der Waals surface area (Å²) in [6.45, 7) is 3.94. The molecule has 2 aromatic rings. The highest BCUT2D eigenvalue weighted by Gasteiger charge is 2.41. The lowest BCUT2D eigenvalue weighted by molar-refractivity contribution is 0.217. The molecule has 23 heavy (non-hydrogen) atoms. The van der Waals surface area contributed by atoms with Gasteiger partial charge in [-0.3, -0.25) is 5.10 Å². The molecule has 0 amide bonds. The van der Waals surface area contributed by atoms with Gasteiger partial charge in [0.15, 0.2) is 0 Å². The predicted octanol–water partition coefficient (Wildman–Crippen LogP) is 3.03. The van der Waals surface area contributed by atoms with Gasteiger partial charge in [-0.15, -0.1) is 0 Å². The van der Waals surface area contributed by atoms with E-state index in [2.05, 4.69) is 10.2 Å². The molecule has 1 N–H and O–H groups in total. The molecule has 2 atom stereocenters. The maximum absolute atomic E-state index is 13.1. The van der Waals surface area contributed by atoms with E-state index in [0.717, 1.165) is 11.3 Å². The van der Waals surface area contributed by atoms with Crippen LogP contribution in [0.25, 0.3) is 0 Å². The summed E-state index contributed by atoms with van der Waals surface area (Å²) < 4.78 is 41.0. The van der Waals surface area contributed by atoms with E-state index >= 15 is 0 Å². The van der Waals surface area contributed by atoms with Gasteiger partial charge in [0.1, 0.15) is 5.82 Å². The summed E-state index contributed by atoms with van der Waals surface area (Å²) in [4.78, 5) is 0.128. The van der Waals surface area contributed by atoms with Crippen molar-refractivity contribution >= 4 is 10.0 Å². The first-order chi connectivity index (χ1) is 11.0. The molecular weight excluding hydrogens is 317 g/mol. The molecule has 0 saturated carbocycles. The number of hydrogen-bond donors (Lipinski definition) is 1. The summed E-state index contributed by atoms with van der Waals surface area (Å²) in [5, 5.41) is 7.11. The van der Waals surface area contributed by atoms with Gasteiger partial charge in [0.2, 0.25) is 10.0 Å². The van der Waals surface area contributed by atoms with Crippen LogP contribution < -0.4 is 0 Å². The normalized spacial score (nSPS) is 22.0. The Morgan fingerprint density at radius 3 is 2.57 bits per heavy atom. The second-order valence-corrected chi connectivity index (χ2v) is 7.61. The molecule has 2 heterocycles. The van der Waals surface area contributed by atoms with Crippen LogP contribution in [0, 0.1) is 5.82 Å². The summed E-state index contributed by atoms with van der Waals surface area (Å²) in [5.41, 5.74) is 1.87. The third-order valence-electron chi connectivity index (χ3n) is 4.45. The Balaban J connectivity index is 2.09. The molecular formula is C16H20FN3O2S. The van der Waals surface area contributed by atoms with E-state index in [1.54, 1.807) is 10.5 Å². The van der Waals surface area contributed by atoms with Crippen molar-refractivity contribution in [2.75, 3.05) is 0 Å². The van der Waals surface area contributed by atoms with Crippen molar-refractivity contribution in [3.63, 3.8) is 0 Å². The number of nitrogens with zero attached hydrogens (tertiary/aromatic N) is 2. The lowest BCUT2D eigenvalue weighted by Crippen LogP contribution is -2.46. The van der Waals surface area contributed by atoms with Crippen LogP contribution in [0.4, 0.5) is 4.39 Å². The molecule has 1 aromatic heterocycles. The number of hydrogen-bond acceptors (Lipinski definition) is 3. The summed E-state index contributed by atoms with van der Waals surface area (Å²) in [5.74, 6) is -0.446. The van der Waals surface area contributed by atoms with Crippen LogP contribution >= 0.6 is 0 Å². The van der Waals surface area contributed by atoms with Crippen molar-refractivity contribution in [3.8, 4) is 0 Å². The van der Waals surface area contributed by atoms with Crippen LogP contribution in [-0.2, 0) is 16.4 Å². The molecule has 5 nitrogen and oxygen atoms in total. The Hall–Kier alpha value is -1.73. The highest BCUT2D eigenvalue weighted by Crippen LogP contribution is 2.39. The molecule has 0 bridgehead atoms. The minimum atomic E-state index is -3.70. The lowest BCUT2D eigenvalue weighted by atomic mass is 9.93. The van der Waals surface area contributed by atoms with Gasteiger partial charge in [0.05, 0.1) is 16.6 Å². The van der Waals surface area contributed by atoms with E-state index in [-0.39, 0.29) is 17.0 Å². The van der Waals surface area contributed by atoms with Crippen molar-refractivity contribution < 1.29 is 12.8 Å². The maximum Gasteiger partial charge on any atom is 0.243 e. The number of sulfonamides is 1. The van der Waals surface area contributed by atoms with E-state index in [4.69, 9.17) is 0 Å². The summed E-state index contributed by atoms with van der Waals surface area (Å²) in [6.07, 6.45) is 3.72. The molecule has 0 saturated heterocycles. The van der Waals surface area contributed by atoms with Gasteiger partial charge >= 0.3 is 0 Å². The molecule has 124 valence electrons. The molecule has 2 unspecified atom stereocenters. The van der Waals surface area contributed by atoms with Crippen LogP contribution in [0.5, 0.6) is 0 Å². The van der Waals surface area contributed by atoms with Crippen LogP contribution in [0.1, 0.15) is 44.0 Å². The summed E-state index contributed by atoms with van der Waals surface area (Å²) in [7, 11) is -3.70. The number of fused-ring (bicyclic) bond motifs is 1. The minimum Gasteiger partial charge on any atom is -0.285 e. The standard InChI is InChI=1S/C16H20FN3O2S/c1-3-12-9-15-14(10-18-19-15)16(4-2)20(12)23(21,22)13-7-5-11(17)6-8-13/h5-8,10,12,16H,3-4,9H2,1-2H3,(H,18,19). The zero-order valence-electron chi connectivity index (χ0n) is 13.2. The lowest BCUT2D eigenvalue weighted by Gasteiger charge is -2.39. The monoisotopic (exact) mass is 337 g/mol. The number of aromatic amines is 1. The highest BCUT2D eigenvalue weighted by atomic mass is 32.2. The van der Waals surface area contributed by atoms with Crippen LogP contribution in [0.3, 0.4) is 0 Å². The highest BCUT2D eigenvalue weighted by molar-refractivity contribution is 7.89. The number of halogens is 1. The van der Waals surface area contributed by atoms with Crippen LogP contribution in [0.2, 0.25) is 0 Å². The number of rotatable bonds is 4. The number of benzene rings is 1. The fraction of sp³-hybridized carbons (Fsp3) is 0.438. The van der Waals surface area contributed by atoms with Crippen LogP contribution in [-0.4, -0.2) is 29.0 Å². The molecule has 1 aromatic carbocycles. The average molecular weight is 337 g/mol. The van der Waals surface area contributed by atoms with Crippen molar-refractivity contribution in [2.45, 2.75) is 50.1 Å². The fourth-order valence-corrected chi connectivity index (χ4v) is 5.24. The van der Waals surface area contributed by atoms with Gasteiger partial charge in [-0.2, -0.15) is 9.40 Å². The first-order valence-corrected chi connectivity index (χ1v) is 9.24. The molecule has 7 heteroatoms. The zero-order valence-corrected chi connectivity index (χ0v) is 14.0. The Labute approximate surface area is 135 Å². The predicted molar refractivity (Wildman–Crippen MR) is 84.8 cm³/mol. The fourth-order valence-electron chi connectivity index (χ4n) is 3.30. The van der Waals surface area contributed by atoms with Gasteiger partial charge in [-0.1, -0.05) is 13.8 Å². The van der Waals surface area contributed by atoms with E-state index in [9.17, 15) is 12.8 Å². The van der Waals surface area contributed by atoms with E-state index in [0.29, 0.717) is 19.3 Å². The molecule has 3 rings (SSSR count). The first kappa shape index (κ1) is 16.1. The van der Waals surface area contributed by atoms with Crippen molar-refractivity contribution in [1.82, 2.24) is 14.5 Å². The molecule has 0 aliphatic carbocycles. The quantitative estimate of drug-likeness (QED) is 0.932. The number of nitrogens with one attached hydrogen (secondary N) is 1. The van der Waals surface area contributed by atoms with Gasteiger partial charge in [0.25, 0.3) is 0 Å². The van der Waals surface area contributed by atoms with Gasteiger partial charge < -0.3 is 0 Å².